The standard InChI is InChI=1S/C23H24N2OS/c26-23(25-15-7-8-16-25)22(19-12-5-2-6-13-19)24-21(20-14-9-17-27-20)18-10-3-1-4-11-18/h1-6,9-14,17,21-22,24H,7-8,15-16H2/t21-,22-/m0/s1. The summed E-state index contributed by atoms with van der Waals surface area (Å²) in [4.78, 5) is 16.6. The van der Waals surface area contributed by atoms with Crippen LogP contribution >= 0.6 is 11.3 Å². The second-order valence-electron chi connectivity index (χ2n) is 6.90. The second-order valence-corrected chi connectivity index (χ2v) is 7.88. The van der Waals surface area contributed by atoms with E-state index in [0.29, 0.717) is 0 Å². The van der Waals surface area contributed by atoms with E-state index in [1.54, 1.807) is 11.3 Å². The number of nitrogens with one attached hydrogen (secondary N) is 1. The molecule has 1 aromatic heterocycles. The molecule has 1 amide bonds. The lowest BCUT2D eigenvalue weighted by atomic mass is 10.00. The predicted octanol–water partition coefficient (Wildman–Crippen LogP) is 4.79. The molecule has 2 atom stereocenters. The normalized spacial score (nSPS) is 16.2. The Morgan fingerprint density at radius 3 is 2.07 bits per heavy atom. The molecule has 1 N–H and O–H groups in total. The molecule has 1 aliphatic rings. The van der Waals surface area contributed by atoms with Crippen molar-refractivity contribution >= 4 is 17.2 Å². The smallest absolute Gasteiger partial charge is 0.244 e. The van der Waals surface area contributed by atoms with Crippen LogP contribution in [0.2, 0.25) is 0 Å². The fourth-order valence-corrected chi connectivity index (χ4v) is 4.50. The first-order chi connectivity index (χ1) is 13.3. The highest BCUT2D eigenvalue weighted by molar-refractivity contribution is 7.10. The lowest BCUT2D eigenvalue weighted by Crippen LogP contribution is -2.41. The average molecular weight is 377 g/mol. The van der Waals surface area contributed by atoms with Gasteiger partial charge in [-0.05, 0) is 35.4 Å². The number of hydrogen-bond donors (Lipinski definition) is 1. The quantitative estimate of drug-likeness (QED) is 0.671. The van der Waals surface area contributed by atoms with Gasteiger partial charge in [-0.25, -0.2) is 0 Å². The van der Waals surface area contributed by atoms with Gasteiger partial charge in [0, 0.05) is 18.0 Å². The second kappa shape index (κ2) is 8.51. The Labute approximate surface area is 164 Å². The Kier molecular flexibility index (Phi) is 5.66. The number of hydrogen-bond acceptors (Lipinski definition) is 3. The Morgan fingerprint density at radius 2 is 1.48 bits per heavy atom. The van der Waals surface area contributed by atoms with E-state index in [2.05, 4.69) is 47.1 Å². The lowest BCUT2D eigenvalue weighted by molar-refractivity contribution is -0.132. The monoisotopic (exact) mass is 376 g/mol. The van der Waals surface area contributed by atoms with Gasteiger partial charge >= 0.3 is 0 Å². The van der Waals surface area contributed by atoms with E-state index in [1.807, 2.05) is 41.3 Å². The molecule has 3 nitrogen and oxygen atoms in total. The van der Waals surface area contributed by atoms with E-state index in [0.717, 1.165) is 31.5 Å². The van der Waals surface area contributed by atoms with E-state index in [9.17, 15) is 4.79 Å². The van der Waals surface area contributed by atoms with E-state index in [4.69, 9.17) is 0 Å². The molecule has 2 heterocycles. The highest BCUT2D eigenvalue weighted by atomic mass is 32.1. The van der Waals surface area contributed by atoms with Crippen LogP contribution in [-0.4, -0.2) is 23.9 Å². The summed E-state index contributed by atoms with van der Waals surface area (Å²) in [5.74, 6) is 0.177. The topological polar surface area (TPSA) is 32.3 Å². The summed E-state index contributed by atoms with van der Waals surface area (Å²) in [6, 6.07) is 24.3. The summed E-state index contributed by atoms with van der Waals surface area (Å²) in [5.41, 5.74) is 2.20. The maximum absolute atomic E-state index is 13.3. The zero-order chi connectivity index (χ0) is 18.5. The summed E-state index contributed by atoms with van der Waals surface area (Å²) < 4.78 is 0. The Balaban J connectivity index is 1.69. The van der Waals surface area contributed by atoms with Gasteiger partial charge in [0.15, 0.2) is 0 Å². The van der Waals surface area contributed by atoms with Gasteiger partial charge in [-0.1, -0.05) is 66.7 Å². The Hall–Kier alpha value is -2.43. The zero-order valence-corrected chi connectivity index (χ0v) is 16.1. The number of carbonyl (C=O) groups excluding carboxylic acids is 1. The van der Waals surface area contributed by atoms with Crippen LogP contribution in [0.25, 0.3) is 0 Å². The van der Waals surface area contributed by atoms with Crippen LogP contribution in [0.5, 0.6) is 0 Å². The van der Waals surface area contributed by atoms with Crippen LogP contribution in [0, 0.1) is 0 Å². The van der Waals surface area contributed by atoms with Crippen LogP contribution in [0.4, 0.5) is 0 Å². The van der Waals surface area contributed by atoms with Crippen LogP contribution in [0.15, 0.2) is 78.2 Å². The third-order valence-electron chi connectivity index (χ3n) is 5.09. The number of likely N-dealkylation sites (tertiary alicyclic amines) is 1. The number of benzene rings is 2. The Morgan fingerprint density at radius 1 is 0.852 bits per heavy atom. The summed E-state index contributed by atoms with van der Waals surface area (Å²) in [6.45, 7) is 1.72. The summed E-state index contributed by atoms with van der Waals surface area (Å²) in [6.07, 6.45) is 2.20. The van der Waals surface area contributed by atoms with Crippen LogP contribution < -0.4 is 5.32 Å². The van der Waals surface area contributed by atoms with Crippen molar-refractivity contribution in [1.82, 2.24) is 10.2 Å². The van der Waals surface area contributed by atoms with Gasteiger partial charge in [0.25, 0.3) is 0 Å². The predicted molar refractivity (Wildman–Crippen MR) is 111 cm³/mol. The molecule has 0 saturated carbocycles. The number of carbonyl (C=O) groups is 1. The molecular weight excluding hydrogens is 352 g/mol. The van der Waals surface area contributed by atoms with Gasteiger partial charge in [-0.15, -0.1) is 11.3 Å². The van der Waals surface area contributed by atoms with Crippen LogP contribution in [-0.2, 0) is 4.79 Å². The molecule has 1 fully saturated rings. The molecular formula is C23H24N2OS. The zero-order valence-electron chi connectivity index (χ0n) is 15.3. The number of rotatable bonds is 6. The van der Waals surface area contributed by atoms with Crippen LogP contribution in [0.3, 0.4) is 0 Å². The van der Waals surface area contributed by atoms with E-state index in [1.165, 1.54) is 10.4 Å². The van der Waals surface area contributed by atoms with Crippen molar-refractivity contribution in [3.05, 3.63) is 94.2 Å². The van der Waals surface area contributed by atoms with Gasteiger partial charge in [0.05, 0.1) is 6.04 Å². The first-order valence-corrected chi connectivity index (χ1v) is 10.4. The van der Waals surface area contributed by atoms with Gasteiger partial charge in [0.1, 0.15) is 6.04 Å². The fraction of sp³-hybridized carbons (Fsp3) is 0.261. The largest absolute Gasteiger partial charge is 0.341 e. The molecule has 0 radical (unpaired) electrons. The van der Waals surface area contributed by atoms with Gasteiger partial charge in [-0.3, -0.25) is 10.1 Å². The van der Waals surface area contributed by atoms with E-state index >= 15 is 0 Å². The molecule has 1 saturated heterocycles. The fourth-order valence-electron chi connectivity index (χ4n) is 3.69. The molecule has 0 aliphatic carbocycles. The maximum Gasteiger partial charge on any atom is 0.244 e. The number of nitrogens with zero attached hydrogens (tertiary/aromatic N) is 1. The molecule has 0 unspecified atom stereocenters. The molecule has 1 aliphatic heterocycles. The SMILES string of the molecule is O=C([C@@H](N[C@@H](c1ccccc1)c1cccs1)c1ccccc1)N1CCCC1. The summed E-state index contributed by atoms with van der Waals surface area (Å²) in [7, 11) is 0. The minimum absolute atomic E-state index is 0.0111. The first-order valence-electron chi connectivity index (χ1n) is 9.51. The van der Waals surface area contributed by atoms with Crippen molar-refractivity contribution in [1.29, 1.82) is 0 Å². The third-order valence-corrected chi connectivity index (χ3v) is 6.03. The van der Waals surface area contributed by atoms with Crippen molar-refractivity contribution < 1.29 is 4.79 Å². The summed E-state index contributed by atoms with van der Waals surface area (Å²) >= 11 is 1.72. The summed E-state index contributed by atoms with van der Waals surface area (Å²) in [5, 5.41) is 5.78. The molecule has 0 spiro atoms. The number of thiophene rings is 1. The number of amides is 1. The van der Waals surface area contributed by atoms with Crippen molar-refractivity contribution in [3.8, 4) is 0 Å². The molecule has 4 heteroatoms. The highest BCUT2D eigenvalue weighted by Gasteiger charge is 2.30. The van der Waals surface area contributed by atoms with Crippen molar-refractivity contribution in [2.45, 2.75) is 24.9 Å². The molecule has 4 rings (SSSR count). The van der Waals surface area contributed by atoms with E-state index < -0.39 is 0 Å². The average Bonchev–Trinajstić information content (AvgIpc) is 3.44. The molecule has 2 aromatic carbocycles. The molecule has 0 bridgehead atoms. The van der Waals surface area contributed by atoms with E-state index in [-0.39, 0.29) is 18.0 Å². The van der Waals surface area contributed by atoms with Crippen molar-refractivity contribution in [2.75, 3.05) is 13.1 Å². The van der Waals surface area contributed by atoms with Crippen LogP contribution in [0.1, 0.15) is 40.9 Å². The minimum Gasteiger partial charge on any atom is -0.341 e. The molecule has 27 heavy (non-hydrogen) atoms. The maximum atomic E-state index is 13.3. The van der Waals surface area contributed by atoms with Crippen molar-refractivity contribution in [3.63, 3.8) is 0 Å². The lowest BCUT2D eigenvalue weighted by Gasteiger charge is -2.28. The minimum atomic E-state index is -0.350. The molecule has 138 valence electrons. The molecule has 3 aromatic rings. The first kappa shape index (κ1) is 18.0. The van der Waals surface area contributed by atoms with Gasteiger partial charge in [-0.2, -0.15) is 0 Å². The highest BCUT2D eigenvalue weighted by Crippen LogP contribution is 2.30. The van der Waals surface area contributed by atoms with Gasteiger partial charge < -0.3 is 4.90 Å². The Bertz CT molecular complexity index is 843. The third kappa shape index (κ3) is 4.12. The van der Waals surface area contributed by atoms with Crippen molar-refractivity contribution in [2.24, 2.45) is 0 Å². The van der Waals surface area contributed by atoms with Gasteiger partial charge in [0.2, 0.25) is 5.91 Å².